The average Bonchev–Trinajstić information content (AvgIpc) is 3.17. The van der Waals surface area contributed by atoms with E-state index in [0.29, 0.717) is 24.2 Å². The molecular formula is C21H30N8O. The fraction of sp³-hybridized carbons (Fsp3) is 0.524. The zero-order valence-corrected chi connectivity index (χ0v) is 17.7. The molecule has 4 rings (SSSR count). The van der Waals surface area contributed by atoms with Crippen LogP contribution in [-0.2, 0) is 6.54 Å². The summed E-state index contributed by atoms with van der Waals surface area (Å²) >= 11 is 0. The number of methoxy groups -OCH3 is 1. The van der Waals surface area contributed by atoms with E-state index >= 15 is 0 Å². The SMILES string of the molecule is CCCCNc1nc(N)nc2cn(Cc3ccc(C4CCNCC4)nc3OC)nc12. The van der Waals surface area contributed by atoms with Crippen LogP contribution in [0.1, 0.15) is 49.8 Å². The van der Waals surface area contributed by atoms with Crippen molar-refractivity contribution >= 4 is 22.8 Å². The minimum Gasteiger partial charge on any atom is -0.481 e. The summed E-state index contributed by atoms with van der Waals surface area (Å²) < 4.78 is 7.44. The molecule has 160 valence electrons. The van der Waals surface area contributed by atoms with Crippen LogP contribution >= 0.6 is 0 Å². The minimum atomic E-state index is 0.242. The predicted molar refractivity (Wildman–Crippen MR) is 118 cm³/mol. The van der Waals surface area contributed by atoms with Crippen LogP contribution in [0.4, 0.5) is 11.8 Å². The van der Waals surface area contributed by atoms with Gasteiger partial charge in [0.15, 0.2) is 11.3 Å². The topological polar surface area (TPSA) is 116 Å². The van der Waals surface area contributed by atoms with Crippen LogP contribution < -0.4 is 21.1 Å². The second kappa shape index (κ2) is 9.25. The van der Waals surface area contributed by atoms with Crippen molar-refractivity contribution in [2.45, 2.75) is 45.1 Å². The Morgan fingerprint density at radius 2 is 2.07 bits per heavy atom. The zero-order valence-electron chi connectivity index (χ0n) is 17.7. The Balaban J connectivity index is 1.58. The number of aromatic nitrogens is 5. The number of nitrogens with zero attached hydrogens (tertiary/aromatic N) is 5. The van der Waals surface area contributed by atoms with E-state index in [1.807, 2.05) is 10.9 Å². The van der Waals surface area contributed by atoms with Crippen molar-refractivity contribution in [1.29, 1.82) is 0 Å². The number of unbranched alkanes of at least 4 members (excludes halogenated alkanes) is 1. The van der Waals surface area contributed by atoms with Gasteiger partial charge < -0.3 is 21.1 Å². The van der Waals surface area contributed by atoms with Crippen molar-refractivity contribution in [2.24, 2.45) is 0 Å². The molecule has 9 nitrogen and oxygen atoms in total. The lowest BCUT2D eigenvalue weighted by molar-refractivity contribution is 0.382. The molecule has 0 radical (unpaired) electrons. The Labute approximate surface area is 176 Å². The summed E-state index contributed by atoms with van der Waals surface area (Å²) in [6.07, 6.45) is 6.25. The number of ether oxygens (including phenoxy) is 1. The number of piperidine rings is 1. The van der Waals surface area contributed by atoms with Gasteiger partial charge in [-0.1, -0.05) is 13.3 Å². The number of nitrogens with two attached hydrogens (primary N) is 1. The number of pyridine rings is 1. The monoisotopic (exact) mass is 410 g/mol. The highest BCUT2D eigenvalue weighted by atomic mass is 16.5. The molecule has 1 aliphatic heterocycles. The van der Waals surface area contributed by atoms with Crippen molar-refractivity contribution in [1.82, 2.24) is 30.0 Å². The van der Waals surface area contributed by atoms with Gasteiger partial charge in [0, 0.05) is 23.7 Å². The minimum absolute atomic E-state index is 0.242. The number of hydrogen-bond donors (Lipinski definition) is 3. The van der Waals surface area contributed by atoms with Crippen LogP contribution in [0.25, 0.3) is 11.0 Å². The quantitative estimate of drug-likeness (QED) is 0.485. The van der Waals surface area contributed by atoms with Crippen LogP contribution in [0.15, 0.2) is 18.3 Å². The molecule has 1 saturated heterocycles. The molecule has 4 heterocycles. The summed E-state index contributed by atoms with van der Waals surface area (Å²) in [5.41, 5.74) is 9.41. The van der Waals surface area contributed by atoms with Crippen molar-refractivity contribution < 1.29 is 4.74 Å². The maximum atomic E-state index is 5.89. The van der Waals surface area contributed by atoms with Crippen molar-refractivity contribution in [3.63, 3.8) is 0 Å². The third-order valence-corrected chi connectivity index (χ3v) is 5.49. The summed E-state index contributed by atoms with van der Waals surface area (Å²) in [4.78, 5) is 13.5. The lowest BCUT2D eigenvalue weighted by atomic mass is 9.94. The standard InChI is InChI=1S/C21H30N8O/c1-3-4-9-24-19-18-17(26-21(22)27-19)13-29(28-18)12-15-5-6-16(25-20(15)30-2)14-7-10-23-11-8-14/h5-6,13-14,23H,3-4,7-12H2,1-2H3,(H3,22,24,26,27). The van der Waals surface area contributed by atoms with Gasteiger partial charge in [0.05, 0.1) is 19.9 Å². The highest BCUT2D eigenvalue weighted by Gasteiger charge is 2.19. The van der Waals surface area contributed by atoms with E-state index in [2.05, 4.69) is 39.7 Å². The van der Waals surface area contributed by atoms with E-state index in [4.69, 9.17) is 20.6 Å². The molecule has 0 saturated carbocycles. The van der Waals surface area contributed by atoms with E-state index in [0.717, 1.165) is 67.6 Å². The van der Waals surface area contributed by atoms with E-state index in [9.17, 15) is 0 Å². The van der Waals surface area contributed by atoms with Gasteiger partial charge in [0.25, 0.3) is 0 Å². The van der Waals surface area contributed by atoms with Crippen molar-refractivity contribution in [2.75, 3.05) is 37.8 Å². The summed E-state index contributed by atoms with van der Waals surface area (Å²) in [6, 6.07) is 4.21. The Bertz CT molecular complexity index is 996. The lowest BCUT2D eigenvalue weighted by Crippen LogP contribution is -2.27. The van der Waals surface area contributed by atoms with Crippen LogP contribution in [0.5, 0.6) is 5.88 Å². The third-order valence-electron chi connectivity index (χ3n) is 5.49. The molecule has 3 aromatic rings. The molecule has 0 aromatic carbocycles. The van der Waals surface area contributed by atoms with Gasteiger partial charge in [-0.3, -0.25) is 4.68 Å². The average molecular weight is 411 g/mol. The fourth-order valence-corrected chi connectivity index (χ4v) is 3.87. The number of nitrogens with one attached hydrogen (secondary N) is 2. The van der Waals surface area contributed by atoms with Gasteiger partial charge in [-0.05, 0) is 44.5 Å². The molecule has 3 aromatic heterocycles. The number of anilines is 2. The Kier molecular flexibility index (Phi) is 6.27. The molecule has 0 aliphatic carbocycles. The van der Waals surface area contributed by atoms with E-state index < -0.39 is 0 Å². The normalized spacial score (nSPS) is 14.9. The molecule has 1 fully saturated rings. The van der Waals surface area contributed by atoms with E-state index in [1.165, 1.54) is 0 Å². The number of fused-ring (bicyclic) bond motifs is 1. The number of nitrogen functional groups attached to an aromatic ring is 1. The second-order valence-electron chi connectivity index (χ2n) is 7.70. The van der Waals surface area contributed by atoms with Gasteiger partial charge in [0.1, 0.15) is 5.52 Å². The molecule has 9 heteroatoms. The van der Waals surface area contributed by atoms with Gasteiger partial charge in [0.2, 0.25) is 11.8 Å². The third kappa shape index (κ3) is 4.46. The lowest BCUT2D eigenvalue weighted by Gasteiger charge is -2.22. The van der Waals surface area contributed by atoms with Crippen LogP contribution in [0.3, 0.4) is 0 Å². The zero-order chi connectivity index (χ0) is 20.9. The van der Waals surface area contributed by atoms with Gasteiger partial charge in [-0.2, -0.15) is 10.1 Å². The largest absolute Gasteiger partial charge is 0.481 e. The fourth-order valence-electron chi connectivity index (χ4n) is 3.87. The van der Waals surface area contributed by atoms with E-state index in [1.54, 1.807) is 7.11 Å². The van der Waals surface area contributed by atoms with E-state index in [-0.39, 0.29) is 5.95 Å². The highest BCUT2D eigenvalue weighted by Crippen LogP contribution is 2.28. The van der Waals surface area contributed by atoms with Gasteiger partial charge >= 0.3 is 0 Å². The van der Waals surface area contributed by atoms with Gasteiger partial charge in [-0.15, -0.1) is 0 Å². The maximum absolute atomic E-state index is 5.89. The summed E-state index contributed by atoms with van der Waals surface area (Å²) in [6.45, 7) is 5.58. The molecular weight excluding hydrogens is 380 g/mol. The van der Waals surface area contributed by atoms with Crippen LogP contribution in [0.2, 0.25) is 0 Å². The highest BCUT2D eigenvalue weighted by molar-refractivity contribution is 5.85. The first kappa shape index (κ1) is 20.3. The molecule has 0 unspecified atom stereocenters. The predicted octanol–water partition coefficient (Wildman–Crippen LogP) is 2.54. The number of rotatable bonds is 8. The number of hydrogen-bond acceptors (Lipinski definition) is 8. The van der Waals surface area contributed by atoms with Crippen LogP contribution in [0, 0.1) is 0 Å². The van der Waals surface area contributed by atoms with Crippen LogP contribution in [-0.4, -0.2) is 51.5 Å². The maximum Gasteiger partial charge on any atom is 0.222 e. The molecule has 0 spiro atoms. The first-order valence-electron chi connectivity index (χ1n) is 10.7. The Morgan fingerprint density at radius 3 is 2.83 bits per heavy atom. The Morgan fingerprint density at radius 1 is 1.23 bits per heavy atom. The smallest absolute Gasteiger partial charge is 0.222 e. The van der Waals surface area contributed by atoms with Gasteiger partial charge in [-0.25, -0.2) is 9.97 Å². The molecule has 0 bridgehead atoms. The Hall–Kier alpha value is -2.94. The molecule has 4 N–H and O–H groups in total. The molecule has 0 amide bonds. The molecule has 30 heavy (non-hydrogen) atoms. The molecule has 1 aliphatic rings. The van der Waals surface area contributed by atoms with Crippen molar-refractivity contribution in [3.8, 4) is 5.88 Å². The summed E-state index contributed by atoms with van der Waals surface area (Å²) in [5, 5.41) is 11.4. The summed E-state index contributed by atoms with van der Waals surface area (Å²) in [7, 11) is 1.67. The first-order chi connectivity index (χ1) is 14.7. The first-order valence-corrected chi connectivity index (χ1v) is 10.7. The molecule has 0 atom stereocenters. The summed E-state index contributed by atoms with van der Waals surface area (Å²) in [5.74, 6) is 2.05. The van der Waals surface area contributed by atoms with Crippen molar-refractivity contribution in [3.05, 3.63) is 29.6 Å². The second-order valence-corrected chi connectivity index (χ2v) is 7.70.